The maximum Gasteiger partial charge on any atom is 0.313 e. The number of hydrogen-bond donors (Lipinski definition) is 3. The van der Waals surface area contributed by atoms with Gasteiger partial charge < -0.3 is 20.7 Å². The van der Waals surface area contributed by atoms with Crippen molar-refractivity contribution in [3.05, 3.63) is 60.2 Å². The minimum absolute atomic E-state index is 0.0978. The fourth-order valence-electron chi connectivity index (χ4n) is 3.55. The number of rotatable bonds is 8. The molecule has 170 valence electrons. The summed E-state index contributed by atoms with van der Waals surface area (Å²) in [6.45, 7) is 5.26. The van der Waals surface area contributed by atoms with Crippen molar-refractivity contribution in [2.24, 2.45) is 0 Å². The molecule has 1 heterocycles. The molecule has 0 bridgehead atoms. The van der Waals surface area contributed by atoms with E-state index in [1.54, 1.807) is 24.3 Å². The van der Waals surface area contributed by atoms with Crippen molar-refractivity contribution in [1.82, 2.24) is 10.2 Å². The molecular formula is C24H30N4O4. The van der Waals surface area contributed by atoms with Gasteiger partial charge in [0, 0.05) is 37.9 Å². The van der Waals surface area contributed by atoms with Gasteiger partial charge in [-0.2, -0.15) is 0 Å². The van der Waals surface area contributed by atoms with Crippen LogP contribution in [0.25, 0.3) is 0 Å². The van der Waals surface area contributed by atoms with Crippen LogP contribution in [0.2, 0.25) is 0 Å². The van der Waals surface area contributed by atoms with Crippen LogP contribution in [0.4, 0.5) is 11.4 Å². The maximum atomic E-state index is 12.0. The standard InChI is InChI=1S/C24H30N4O4/c1-18(29)26-20-9-11-21(12-10-20)27-24(31)23(30)25-13-5-6-14-28-15-16-32-22(17-28)19-7-3-2-4-8-19/h2-4,7-12,22H,5-6,13-17H2,1H3,(H,25,30)(H,26,29)(H,27,31). The summed E-state index contributed by atoms with van der Waals surface area (Å²) in [4.78, 5) is 37.5. The third-order valence-corrected chi connectivity index (χ3v) is 5.18. The van der Waals surface area contributed by atoms with E-state index in [4.69, 9.17) is 4.74 Å². The second-order valence-electron chi connectivity index (χ2n) is 7.75. The summed E-state index contributed by atoms with van der Waals surface area (Å²) in [5.74, 6) is -1.55. The highest BCUT2D eigenvalue weighted by Gasteiger charge is 2.21. The number of nitrogens with zero attached hydrogens (tertiary/aromatic N) is 1. The molecule has 32 heavy (non-hydrogen) atoms. The van der Waals surface area contributed by atoms with Crippen LogP contribution < -0.4 is 16.0 Å². The van der Waals surface area contributed by atoms with Crippen molar-refractivity contribution >= 4 is 29.1 Å². The lowest BCUT2D eigenvalue weighted by Crippen LogP contribution is -2.39. The van der Waals surface area contributed by atoms with E-state index in [0.717, 1.165) is 32.5 Å². The number of unbranched alkanes of at least 4 members (excludes halogenated alkanes) is 1. The Morgan fingerprint density at radius 1 is 0.938 bits per heavy atom. The molecule has 3 amide bonds. The topological polar surface area (TPSA) is 99.8 Å². The fourth-order valence-corrected chi connectivity index (χ4v) is 3.55. The highest BCUT2D eigenvalue weighted by Crippen LogP contribution is 2.22. The Morgan fingerprint density at radius 3 is 2.31 bits per heavy atom. The summed E-state index contributed by atoms with van der Waals surface area (Å²) in [5.41, 5.74) is 2.30. The second-order valence-corrected chi connectivity index (χ2v) is 7.75. The monoisotopic (exact) mass is 438 g/mol. The number of morpholine rings is 1. The molecule has 1 aliphatic rings. The number of hydrogen-bond acceptors (Lipinski definition) is 5. The molecule has 0 aromatic heterocycles. The van der Waals surface area contributed by atoms with Crippen LogP contribution in [0.1, 0.15) is 31.4 Å². The van der Waals surface area contributed by atoms with Crippen molar-refractivity contribution in [3.8, 4) is 0 Å². The lowest BCUT2D eigenvalue weighted by molar-refractivity contribution is -0.136. The molecule has 0 radical (unpaired) electrons. The van der Waals surface area contributed by atoms with Gasteiger partial charge in [0.25, 0.3) is 0 Å². The van der Waals surface area contributed by atoms with E-state index < -0.39 is 11.8 Å². The van der Waals surface area contributed by atoms with E-state index in [-0.39, 0.29) is 12.0 Å². The number of ether oxygens (including phenoxy) is 1. The molecule has 1 saturated heterocycles. The summed E-state index contributed by atoms with van der Waals surface area (Å²) in [7, 11) is 0. The van der Waals surface area contributed by atoms with E-state index >= 15 is 0 Å². The quantitative estimate of drug-likeness (QED) is 0.435. The molecule has 3 N–H and O–H groups in total. The number of carbonyl (C=O) groups is 3. The molecular weight excluding hydrogens is 408 g/mol. The Hall–Kier alpha value is -3.23. The number of carbonyl (C=O) groups excluding carboxylic acids is 3. The molecule has 2 aromatic rings. The third-order valence-electron chi connectivity index (χ3n) is 5.18. The lowest BCUT2D eigenvalue weighted by atomic mass is 10.1. The van der Waals surface area contributed by atoms with Crippen molar-refractivity contribution in [2.75, 3.05) is 43.4 Å². The van der Waals surface area contributed by atoms with Crippen LogP contribution in [0.3, 0.4) is 0 Å². The number of nitrogens with one attached hydrogen (secondary N) is 3. The first-order valence-corrected chi connectivity index (χ1v) is 10.9. The Morgan fingerprint density at radius 2 is 1.62 bits per heavy atom. The van der Waals surface area contributed by atoms with Gasteiger partial charge in [0.1, 0.15) is 0 Å². The smallest absolute Gasteiger partial charge is 0.313 e. The summed E-state index contributed by atoms with van der Waals surface area (Å²) < 4.78 is 5.89. The Bertz CT molecular complexity index is 902. The van der Waals surface area contributed by atoms with Gasteiger partial charge in [-0.3, -0.25) is 19.3 Å². The number of anilines is 2. The van der Waals surface area contributed by atoms with Gasteiger partial charge in [0.15, 0.2) is 0 Å². The summed E-state index contributed by atoms with van der Waals surface area (Å²) in [6.07, 6.45) is 1.81. The lowest BCUT2D eigenvalue weighted by Gasteiger charge is -2.33. The molecule has 0 spiro atoms. The molecule has 2 aromatic carbocycles. The first-order chi connectivity index (χ1) is 15.5. The first-order valence-electron chi connectivity index (χ1n) is 10.9. The molecule has 8 heteroatoms. The SMILES string of the molecule is CC(=O)Nc1ccc(NC(=O)C(=O)NCCCCN2CCOC(c3ccccc3)C2)cc1. The summed E-state index contributed by atoms with van der Waals surface area (Å²) in [5, 5.41) is 7.85. The van der Waals surface area contributed by atoms with Crippen LogP contribution in [-0.4, -0.2) is 55.4 Å². The molecule has 3 rings (SSSR count). The molecule has 1 unspecified atom stereocenters. The predicted molar refractivity (Wildman–Crippen MR) is 123 cm³/mol. The van der Waals surface area contributed by atoms with Gasteiger partial charge in [-0.1, -0.05) is 30.3 Å². The van der Waals surface area contributed by atoms with Crippen LogP contribution >= 0.6 is 0 Å². The number of amides is 3. The Kier molecular flexibility index (Phi) is 8.77. The molecule has 1 aliphatic heterocycles. The zero-order valence-corrected chi connectivity index (χ0v) is 18.3. The van der Waals surface area contributed by atoms with Gasteiger partial charge in [0.2, 0.25) is 5.91 Å². The molecule has 0 aliphatic carbocycles. The highest BCUT2D eigenvalue weighted by molar-refractivity contribution is 6.39. The molecule has 1 fully saturated rings. The van der Waals surface area contributed by atoms with Gasteiger partial charge in [-0.25, -0.2) is 0 Å². The summed E-state index contributed by atoms with van der Waals surface area (Å²) in [6, 6.07) is 16.8. The van der Waals surface area contributed by atoms with Crippen LogP contribution in [0.15, 0.2) is 54.6 Å². The van der Waals surface area contributed by atoms with E-state index in [9.17, 15) is 14.4 Å². The fraction of sp³-hybridized carbons (Fsp3) is 0.375. The second kappa shape index (κ2) is 12.0. The third kappa shape index (κ3) is 7.47. The van der Waals surface area contributed by atoms with Gasteiger partial charge in [-0.05, 0) is 49.2 Å². The normalized spacial score (nSPS) is 16.2. The highest BCUT2D eigenvalue weighted by atomic mass is 16.5. The van der Waals surface area contributed by atoms with Gasteiger partial charge >= 0.3 is 11.8 Å². The molecule has 1 atom stereocenters. The summed E-state index contributed by atoms with van der Waals surface area (Å²) >= 11 is 0. The number of benzene rings is 2. The molecule has 8 nitrogen and oxygen atoms in total. The van der Waals surface area contributed by atoms with Crippen LogP contribution in [-0.2, 0) is 19.1 Å². The van der Waals surface area contributed by atoms with E-state index in [1.807, 2.05) is 18.2 Å². The van der Waals surface area contributed by atoms with E-state index in [1.165, 1.54) is 12.5 Å². The van der Waals surface area contributed by atoms with Gasteiger partial charge in [0.05, 0.1) is 12.7 Å². The van der Waals surface area contributed by atoms with Crippen molar-refractivity contribution in [2.45, 2.75) is 25.9 Å². The van der Waals surface area contributed by atoms with E-state index in [0.29, 0.717) is 24.5 Å². The van der Waals surface area contributed by atoms with Crippen LogP contribution in [0, 0.1) is 0 Å². The minimum atomic E-state index is -0.712. The largest absolute Gasteiger partial charge is 0.371 e. The van der Waals surface area contributed by atoms with Gasteiger partial charge in [-0.15, -0.1) is 0 Å². The predicted octanol–water partition coefficient (Wildman–Crippen LogP) is 2.55. The zero-order valence-electron chi connectivity index (χ0n) is 18.3. The van der Waals surface area contributed by atoms with Crippen molar-refractivity contribution < 1.29 is 19.1 Å². The van der Waals surface area contributed by atoms with Crippen molar-refractivity contribution in [1.29, 1.82) is 0 Å². The van der Waals surface area contributed by atoms with E-state index in [2.05, 4.69) is 33.0 Å². The minimum Gasteiger partial charge on any atom is -0.371 e. The van der Waals surface area contributed by atoms with Crippen LogP contribution in [0.5, 0.6) is 0 Å². The average Bonchev–Trinajstić information content (AvgIpc) is 2.80. The molecule has 0 saturated carbocycles. The first kappa shape index (κ1) is 23.4. The average molecular weight is 439 g/mol. The maximum absolute atomic E-state index is 12.0. The Labute approximate surface area is 188 Å². The Balaban J connectivity index is 1.31. The zero-order chi connectivity index (χ0) is 22.8. The van der Waals surface area contributed by atoms with Crippen molar-refractivity contribution in [3.63, 3.8) is 0 Å².